The number of benzene rings is 1. The zero-order valence-corrected chi connectivity index (χ0v) is 11.6. The van der Waals surface area contributed by atoms with Gasteiger partial charge in [-0.2, -0.15) is 0 Å². The fraction of sp³-hybridized carbons (Fsp3) is 0.214. The number of methoxy groups -OCH3 is 1. The molecule has 0 saturated carbocycles. The van der Waals surface area contributed by atoms with Crippen LogP contribution in [-0.2, 0) is 6.54 Å². The molecule has 0 spiro atoms. The molecular weight excluding hydrogens is 262 g/mol. The van der Waals surface area contributed by atoms with Gasteiger partial charge in [-0.05, 0) is 42.8 Å². The van der Waals surface area contributed by atoms with Gasteiger partial charge >= 0.3 is 5.97 Å². The van der Waals surface area contributed by atoms with Gasteiger partial charge in [-0.3, -0.25) is 0 Å². The second-order valence-corrected chi connectivity index (χ2v) is 5.28. The number of hydrogen-bond donors (Lipinski definition) is 2. The number of aromatic carboxylic acids is 1. The second kappa shape index (κ2) is 5.75. The molecule has 0 bridgehead atoms. The lowest BCUT2D eigenvalue weighted by Crippen LogP contribution is -1.98. The predicted octanol–water partition coefficient (Wildman–Crippen LogP) is 3.38. The third-order valence-corrected chi connectivity index (χ3v) is 3.81. The summed E-state index contributed by atoms with van der Waals surface area (Å²) in [5, 5.41) is 12.1. The number of thiophene rings is 1. The predicted molar refractivity (Wildman–Crippen MR) is 76.3 cm³/mol. The van der Waals surface area contributed by atoms with Crippen LogP contribution in [0.2, 0.25) is 0 Å². The van der Waals surface area contributed by atoms with Gasteiger partial charge in [0.05, 0.1) is 7.11 Å². The third kappa shape index (κ3) is 3.26. The number of ether oxygens (including phenoxy) is 1. The normalized spacial score (nSPS) is 10.2. The third-order valence-electron chi connectivity index (χ3n) is 2.73. The topological polar surface area (TPSA) is 58.6 Å². The minimum Gasteiger partial charge on any atom is -0.496 e. The van der Waals surface area contributed by atoms with Crippen molar-refractivity contribution in [3.05, 3.63) is 45.6 Å². The van der Waals surface area contributed by atoms with E-state index < -0.39 is 5.97 Å². The summed E-state index contributed by atoms with van der Waals surface area (Å²) in [7, 11) is 1.65. The lowest BCUT2D eigenvalue weighted by atomic mass is 10.2. The lowest BCUT2D eigenvalue weighted by Gasteiger charge is -2.09. The molecule has 0 amide bonds. The molecule has 19 heavy (non-hydrogen) atoms. The molecule has 0 aliphatic heterocycles. The van der Waals surface area contributed by atoms with Crippen LogP contribution in [0.5, 0.6) is 5.75 Å². The van der Waals surface area contributed by atoms with Crippen molar-refractivity contribution >= 4 is 23.0 Å². The molecule has 0 saturated heterocycles. The molecule has 4 nitrogen and oxygen atoms in total. The van der Waals surface area contributed by atoms with Crippen molar-refractivity contribution in [1.82, 2.24) is 0 Å². The summed E-state index contributed by atoms with van der Waals surface area (Å²) in [4.78, 5) is 12.1. The Hall–Kier alpha value is -2.01. The highest BCUT2D eigenvalue weighted by molar-refractivity contribution is 7.13. The van der Waals surface area contributed by atoms with Gasteiger partial charge in [0, 0.05) is 17.1 Å². The Balaban J connectivity index is 2.01. The van der Waals surface area contributed by atoms with E-state index in [0.717, 1.165) is 21.9 Å². The molecule has 0 fully saturated rings. The fourth-order valence-corrected chi connectivity index (χ4v) is 2.55. The number of carbonyl (C=O) groups is 1. The average Bonchev–Trinajstić information content (AvgIpc) is 2.85. The molecule has 1 aromatic heterocycles. The average molecular weight is 277 g/mol. The summed E-state index contributed by atoms with van der Waals surface area (Å²) in [6.45, 7) is 2.60. The first-order valence-corrected chi connectivity index (χ1v) is 6.62. The summed E-state index contributed by atoms with van der Waals surface area (Å²) in [6, 6.07) is 9.32. The van der Waals surface area contributed by atoms with Gasteiger partial charge in [0.25, 0.3) is 0 Å². The highest BCUT2D eigenvalue weighted by atomic mass is 32.1. The number of rotatable bonds is 5. The largest absolute Gasteiger partial charge is 0.496 e. The molecule has 0 atom stereocenters. The maximum Gasteiger partial charge on any atom is 0.345 e. The van der Waals surface area contributed by atoms with Crippen molar-refractivity contribution in [1.29, 1.82) is 0 Å². The number of aryl methyl sites for hydroxylation is 1. The van der Waals surface area contributed by atoms with E-state index in [0.29, 0.717) is 11.4 Å². The Kier molecular flexibility index (Phi) is 4.06. The first kappa shape index (κ1) is 13.4. The van der Waals surface area contributed by atoms with Gasteiger partial charge in [-0.25, -0.2) is 4.79 Å². The van der Waals surface area contributed by atoms with Crippen LogP contribution < -0.4 is 10.1 Å². The Morgan fingerprint density at radius 2 is 2.16 bits per heavy atom. The van der Waals surface area contributed by atoms with Crippen molar-refractivity contribution in [2.75, 3.05) is 12.4 Å². The van der Waals surface area contributed by atoms with E-state index in [9.17, 15) is 4.79 Å². The van der Waals surface area contributed by atoms with Crippen LogP contribution in [0, 0.1) is 6.92 Å². The molecule has 2 N–H and O–H groups in total. The van der Waals surface area contributed by atoms with Crippen LogP contribution >= 0.6 is 11.3 Å². The quantitative estimate of drug-likeness (QED) is 0.879. The molecule has 1 heterocycles. The van der Waals surface area contributed by atoms with Crippen molar-refractivity contribution < 1.29 is 14.6 Å². The van der Waals surface area contributed by atoms with Crippen LogP contribution in [0.25, 0.3) is 0 Å². The Labute approximate surface area is 115 Å². The van der Waals surface area contributed by atoms with Gasteiger partial charge < -0.3 is 15.2 Å². The number of anilines is 1. The highest BCUT2D eigenvalue weighted by Crippen LogP contribution is 2.23. The van der Waals surface area contributed by atoms with Gasteiger partial charge in [-0.1, -0.05) is 0 Å². The highest BCUT2D eigenvalue weighted by Gasteiger charge is 2.06. The van der Waals surface area contributed by atoms with Gasteiger partial charge in [0.15, 0.2) is 0 Å². The number of carboxylic acid groups (broad SMARTS) is 1. The standard InChI is InChI=1S/C14H15NO3S/c1-9-7-10(3-5-12(9)18-2)15-8-11-4-6-13(19-11)14(16)17/h3-7,15H,8H2,1-2H3,(H,16,17). The van der Waals surface area contributed by atoms with Crippen molar-refractivity contribution in [3.8, 4) is 5.75 Å². The Morgan fingerprint density at radius 3 is 2.74 bits per heavy atom. The van der Waals surface area contributed by atoms with E-state index in [-0.39, 0.29) is 0 Å². The zero-order valence-electron chi connectivity index (χ0n) is 10.8. The smallest absolute Gasteiger partial charge is 0.345 e. The van der Waals surface area contributed by atoms with E-state index in [2.05, 4.69) is 5.32 Å². The first-order valence-electron chi connectivity index (χ1n) is 5.80. The molecular formula is C14H15NO3S. The lowest BCUT2D eigenvalue weighted by molar-refractivity contribution is 0.0702. The maximum atomic E-state index is 10.8. The van der Waals surface area contributed by atoms with Crippen LogP contribution in [-0.4, -0.2) is 18.2 Å². The maximum absolute atomic E-state index is 10.8. The van der Waals surface area contributed by atoms with Crippen molar-refractivity contribution in [3.63, 3.8) is 0 Å². The van der Waals surface area contributed by atoms with E-state index in [1.165, 1.54) is 11.3 Å². The Morgan fingerprint density at radius 1 is 1.37 bits per heavy atom. The van der Waals surface area contributed by atoms with Crippen LogP contribution in [0.3, 0.4) is 0 Å². The number of carboxylic acids is 1. The molecule has 5 heteroatoms. The second-order valence-electron chi connectivity index (χ2n) is 4.11. The molecule has 0 radical (unpaired) electrons. The minimum atomic E-state index is -0.878. The number of nitrogens with one attached hydrogen (secondary N) is 1. The van der Waals surface area contributed by atoms with Gasteiger partial charge in [0.2, 0.25) is 0 Å². The molecule has 0 unspecified atom stereocenters. The van der Waals surface area contributed by atoms with E-state index >= 15 is 0 Å². The van der Waals surface area contributed by atoms with Gasteiger partial charge in [-0.15, -0.1) is 11.3 Å². The monoisotopic (exact) mass is 277 g/mol. The van der Waals surface area contributed by atoms with Crippen molar-refractivity contribution in [2.45, 2.75) is 13.5 Å². The molecule has 0 aliphatic carbocycles. The molecule has 100 valence electrons. The van der Waals surface area contributed by atoms with E-state index in [4.69, 9.17) is 9.84 Å². The number of hydrogen-bond acceptors (Lipinski definition) is 4. The van der Waals surface area contributed by atoms with Crippen molar-refractivity contribution in [2.24, 2.45) is 0 Å². The fourth-order valence-electron chi connectivity index (χ4n) is 1.77. The summed E-state index contributed by atoms with van der Waals surface area (Å²) in [5.41, 5.74) is 2.05. The molecule has 2 aromatic rings. The van der Waals surface area contributed by atoms with Crippen LogP contribution in [0.1, 0.15) is 20.1 Å². The minimum absolute atomic E-state index is 0.364. The molecule has 1 aromatic carbocycles. The summed E-state index contributed by atoms with van der Waals surface area (Å²) >= 11 is 1.29. The van der Waals surface area contributed by atoms with Gasteiger partial charge in [0.1, 0.15) is 10.6 Å². The summed E-state index contributed by atoms with van der Waals surface area (Å²) in [5.74, 6) is -0.0219. The summed E-state index contributed by atoms with van der Waals surface area (Å²) < 4.78 is 5.20. The summed E-state index contributed by atoms with van der Waals surface area (Å²) in [6.07, 6.45) is 0. The van der Waals surface area contributed by atoms with Crippen LogP contribution in [0.4, 0.5) is 5.69 Å². The SMILES string of the molecule is COc1ccc(NCc2ccc(C(=O)O)s2)cc1C. The first-order chi connectivity index (χ1) is 9.10. The zero-order chi connectivity index (χ0) is 13.8. The van der Waals surface area contributed by atoms with E-state index in [1.54, 1.807) is 13.2 Å². The Bertz CT molecular complexity index is 592. The molecule has 2 rings (SSSR count). The van der Waals surface area contributed by atoms with E-state index in [1.807, 2.05) is 31.2 Å². The van der Waals surface area contributed by atoms with Crippen LogP contribution in [0.15, 0.2) is 30.3 Å². The molecule has 0 aliphatic rings.